The van der Waals surface area contributed by atoms with Crippen molar-refractivity contribution in [3.8, 4) is 11.5 Å². The van der Waals surface area contributed by atoms with Gasteiger partial charge in [-0.15, -0.1) is 0 Å². The molecule has 118 heavy (non-hydrogen) atoms. The largest absolute Gasteiger partial charge is 0.493 e. The summed E-state index contributed by atoms with van der Waals surface area (Å²) in [5.41, 5.74) is 5.40. The minimum absolute atomic E-state index is 0.0258. The molecular weight excluding hydrogens is 1680 g/mol. The van der Waals surface area contributed by atoms with Crippen molar-refractivity contribution in [2.45, 2.75) is 6.61 Å². The summed E-state index contributed by atoms with van der Waals surface area (Å²) in [7, 11) is 2.98. The third-order valence-corrected chi connectivity index (χ3v) is 20.8. The predicted molar refractivity (Wildman–Crippen MR) is 447 cm³/mol. The molecule has 0 aliphatic rings. The fourth-order valence-electron chi connectivity index (χ4n) is 10.9. The number of methoxy groups -OCH3 is 2. The van der Waals surface area contributed by atoms with E-state index in [1.54, 1.807) is 128 Å². The SMILES string of the molecule is COc1cc(Nc2ncccc2C(=O)Nc2nc3ccc(F)cc3s2)cc(CO)c1OC.O=C(Nc1nc2ccc(F)cc2s1)c1cccnc1Nc1ccc(Cl)cc1.O=C(Nc1nc2ccc(F)cc2s1)c1cccnc1Nc1ccc(Cl)cc1Cl.O=C(Nc1nc2ccc([N+](=O)[O-])cc2s1)c1cccnc1Nc1cc(F)c(F)c(F)c1. The van der Waals surface area contributed by atoms with Crippen molar-refractivity contribution in [1.29, 1.82) is 0 Å². The molecule has 8 aromatic heterocycles. The molecule has 4 amide bonds. The lowest BCUT2D eigenvalue weighted by Gasteiger charge is -2.15. The monoisotopic (exact) mass is 1730 g/mol. The van der Waals surface area contributed by atoms with E-state index < -0.39 is 40.1 Å². The first-order chi connectivity index (χ1) is 56.9. The van der Waals surface area contributed by atoms with Crippen LogP contribution >= 0.6 is 80.1 Å². The van der Waals surface area contributed by atoms with Gasteiger partial charge in [0.2, 0.25) is 0 Å². The Bertz CT molecular complexity index is 6470. The summed E-state index contributed by atoms with van der Waals surface area (Å²) in [4.78, 5) is 95.3. The number of aliphatic hydroxyl groups is 1. The fraction of sp³-hybridized carbons (Fsp3) is 0.0380. The molecule has 0 radical (unpaired) electrons. The number of aliphatic hydroxyl groups excluding tert-OH is 1. The topological polar surface area (TPSA) is 349 Å². The van der Waals surface area contributed by atoms with E-state index in [2.05, 4.69) is 82.4 Å². The number of hydrogen-bond donors (Lipinski definition) is 9. The van der Waals surface area contributed by atoms with Crippen molar-refractivity contribution in [2.75, 3.05) is 56.8 Å². The second-order valence-electron chi connectivity index (χ2n) is 24.2. The van der Waals surface area contributed by atoms with Crippen LogP contribution < -0.4 is 52.0 Å². The van der Waals surface area contributed by atoms with Crippen LogP contribution in [0, 0.1) is 45.0 Å². The van der Waals surface area contributed by atoms with Crippen molar-refractivity contribution in [1.82, 2.24) is 39.9 Å². The number of non-ortho nitro benzene ring substituents is 1. The van der Waals surface area contributed by atoms with E-state index in [1.165, 1.54) is 121 Å². The number of thiazole rings is 4. The van der Waals surface area contributed by atoms with Gasteiger partial charge in [0.25, 0.3) is 29.3 Å². The number of benzene rings is 8. The molecule has 0 aliphatic carbocycles. The number of nitro groups is 1. The lowest BCUT2D eigenvalue weighted by molar-refractivity contribution is -0.384. The van der Waals surface area contributed by atoms with Crippen LogP contribution in [0.2, 0.25) is 15.1 Å². The molecule has 0 aliphatic heterocycles. The Morgan fingerprint density at radius 1 is 0.432 bits per heavy atom. The Hall–Kier alpha value is -13.6. The van der Waals surface area contributed by atoms with Gasteiger partial charge in [0, 0.05) is 87.8 Å². The molecule has 8 aromatic carbocycles. The maximum Gasteiger partial charge on any atom is 0.270 e. The normalized spacial score (nSPS) is 10.8. The highest BCUT2D eigenvalue weighted by molar-refractivity contribution is 7.23. The van der Waals surface area contributed by atoms with Crippen LogP contribution in [0.15, 0.2) is 213 Å². The number of fused-ring (bicyclic) bond motifs is 4. The zero-order valence-corrected chi connectivity index (χ0v) is 65.7. The number of rotatable bonds is 20. The lowest BCUT2D eigenvalue weighted by Crippen LogP contribution is -2.14. The Morgan fingerprint density at radius 3 is 1.19 bits per heavy atom. The second-order valence-corrected chi connectivity index (χ2v) is 29.6. The number of carbonyl (C=O) groups excluding carboxylic acids is 4. The van der Waals surface area contributed by atoms with Gasteiger partial charge in [-0.1, -0.05) is 80.1 Å². The molecule has 0 spiro atoms. The first-order valence-corrected chi connectivity index (χ1v) is 38.4. The number of carbonyl (C=O) groups is 4. The first kappa shape index (κ1) is 82.4. The smallest absolute Gasteiger partial charge is 0.270 e. The maximum atomic E-state index is 13.5. The van der Waals surface area contributed by atoms with E-state index in [9.17, 15) is 60.7 Å². The number of anilines is 12. The van der Waals surface area contributed by atoms with Gasteiger partial charge in [-0.05, 0) is 158 Å². The average Bonchev–Trinajstić information content (AvgIpc) is 1.43. The van der Waals surface area contributed by atoms with Crippen LogP contribution in [-0.4, -0.2) is 87.7 Å². The molecule has 0 saturated heterocycles. The molecular formula is C79H52Cl3F6N17O9S4. The highest BCUT2D eigenvalue weighted by Gasteiger charge is 2.23. The summed E-state index contributed by atoms with van der Waals surface area (Å²) in [5, 5.41) is 46.0. The van der Waals surface area contributed by atoms with Gasteiger partial charge in [-0.25, -0.2) is 66.2 Å². The molecule has 16 rings (SSSR count). The number of ether oxygens (including phenoxy) is 2. The molecule has 26 nitrogen and oxygen atoms in total. The Morgan fingerprint density at radius 2 is 0.805 bits per heavy atom. The van der Waals surface area contributed by atoms with Crippen molar-refractivity contribution in [3.05, 3.63) is 301 Å². The minimum Gasteiger partial charge on any atom is -0.493 e. The summed E-state index contributed by atoms with van der Waals surface area (Å²) < 4.78 is 93.3. The zero-order valence-electron chi connectivity index (χ0n) is 60.2. The summed E-state index contributed by atoms with van der Waals surface area (Å²) in [5.74, 6) is -5.43. The highest BCUT2D eigenvalue weighted by Crippen LogP contribution is 2.39. The van der Waals surface area contributed by atoms with Crippen LogP contribution in [0.25, 0.3) is 40.9 Å². The van der Waals surface area contributed by atoms with Gasteiger partial charge in [0.1, 0.15) is 40.7 Å². The van der Waals surface area contributed by atoms with Gasteiger partial charge in [-0.3, -0.25) is 50.6 Å². The summed E-state index contributed by atoms with van der Waals surface area (Å²) in [6, 6.07) is 46.6. The van der Waals surface area contributed by atoms with Crippen LogP contribution in [0.1, 0.15) is 47.0 Å². The van der Waals surface area contributed by atoms with E-state index in [1.807, 2.05) is 0 Å². The average molecular weight is 1730 g/mol. The van der Waals surface area contributed by atoms with Gasteiger partial charge in [0.15, 0.2) is 49.5 Å². The standard InChI is InChI=1S/C22H19FN4O4S.C19H11Cl2FN4OS.C19H12ClFN4OS.C19H10F3N5O3S/c1-30-17-10-14(8-12(11-28)19(17)31-2)25-20-15(4-3-7-24-20)21(29)27-22-26-16-6-5-13(23)9-18(16)32-22;20-10-3-5-14(13(21)8-10)24-17-12(2-1-7-23-17)18(27)26-19-25-15-6-4-11(22)9-16(15)28-19;20-11-3-6-13(7-4-11)23-17-14(2-1-9-22-17)18(26)25-19-24-15-8-5-12(21)10-16(15)27-19;20-12-6-9(7-13(21)16(12)22)24-17-11(2-1-5-23-17)18(28)26-19-25-14-4-3-10(27(29)30)8-15(14)31-19/h3-10,28H,11H2,1-2H3,(H,24,25)(H,26,27,29);1-9H,(H,23,24)(H,25,26,27);1-10H,(H,22,23)(H,24,25,26);1-8H,(H,23,24)(H,25,26,28). The van der Waals surface area contributed by atoms with Crippen LogP contribution in [-0.2, 0) is 6.61 Å². The van der Waals surface area contributed by atoms with E-state index in [0.29, 0.717) is 128 Å². The zero-order chi connectivity index (χ0) is 83.3. The lowest BCUT2D eigenvalue weighted by atomic mass is 10.1. The molecule has 0 fully saturated rings. The third kappa shape index (κ3) is 20.4. The molecule has 0 saturated carbocycles. The summed E-state index contributed by atoms with van der Waals surface area (Å²) in [6.45, 7) is -0.261. The quantitative estimate of drug-likeness (QED) is 0.0148. The van der Waals surface area contributed by atoms with Crippen LogP contribution in [0.5, 0.6) is 11.5 Å². The van der Waals surface area contributed by atoms with Crippen LogP contribution in [0.3, 0.4) is 0 Å². The number of nitro benzene ring substituents is 1. The molecule has 16 aromatic rings. The number of nitrogens with one attached hydrogen (secondary N) is 8. The van der Waals surface area contributed by atoms with E-state index in [4.69, 9.17) is 44.3 Å². The van der Waals surface area contributed by atoms with Gasteiger partial charge in [-0.2, -0.15) is 0 Å². The van der Waals surface area contributed by atoms with Crippen molar-refractivity contribution >= 4 is 217 Å². The third-order valence-electron chi connectivity index (χ3n) is 16.3. The van der Waals surface area contributed by atoms with Crippen molar-refractivity contribution < 1.29 is 65.0 Å². The molecule has 0 unspecified atom stereocenters. The Labute approximate surface area is 692 Å². The number of pyridine rings is 4. The van der Waals surface area contributed by atoms with Gasteiger partial charge < -0.3 is 35.8 Å². The van der Waals surface area contributed by atoms with Gasteiger partial charge >= 0.3 is 0 Å². The maximum absolute atomic E-state index is 13.5. The molecule has 594 valence electrons. The van der Waals surface area contributed by atoms with E-state index >= 15 is 0 Å². The Kier molecular flexibility index (Phi) is 26.1. The number of amides is 4. The molecule has 0 bridgehead atoms. The van der Waals surface area contributed by atoms with E-state index in [-0.39, 0.29) is 63.4 Å². The first-order valence-electron chi connectivity index (χ1n) is 34.0. The highest BCUT2D eigenvalue weighted by atomic mass is 35.5. The number of aromatic nitrogens is 8. The number of halogens is 9. The van der Waals surface area contributed by atoms with E-state index in [0.717, 1.165) is 29.2 Å². The fourth-order valence-corrected chi connectivity index (χ4v) is 15.0. The number of hydrogen-bond acceptors (Lipinski definition) is 25. The Balaban J connectivity index is 0.000000137. The minimum atomic E-state index is -1.61. The van der Waals surface area contributed by atoms with Gasteiger partial charge in [0.05, 0.1) is 99.6 Å². The summed E-state index contributed by atoms with van der Waals surface area (Å²) in [6.07, 6.45) is 6.05. The number of nitrogens with zero attached hydrogens (tertiary/aromatic N) is 9. The summed E-state index contributed by atoms with van der Waals surface area (Å²) >= 11 is 22.6. The second kappa shape index (κ2) is 37.3. The van der Waals surface area contributed by atoms with Crippen LogP contribution in [0.4, 0.5) is 98.6 Å². The molecule has 9 N–H and O–H groups in total. The van der Waals surface area contributed by atoms with Crippen molar-refractivity contribution in [2.24, 2.45) is 0 Å². The molecule has 8 heterocycles. The predicted octanol–water partition coefficient (Wildman–Crippen LogP) is 21.0. The molecule has 39 heteroatoms. The molecule has 0 atom stereocenters. The van der Waals surface area contributed by atoms with Crippen molar-refractivity contribution in [3.63, 3.8) is 0 Å².